The van der Waals surface area contributed by atoms with Gasteiger partial charge in [0.1, 0.15) is 23.1 Å². The highest BCUT2D eigenvalue weighted by Gasteiger charge is 2.69. The van der Waals surface area contributed by atoms with Crippen molar-refractivity contribution in [2.75, 3.05) is 26.9 Å². The SMILES string of the molecule is CCOC(=O)[C@H]1[C@H]2COc3cc(OC)ccc3[C@@H]2N2C(=O)[C@@H](CO)NC(=O)[C@@]12C. The lowest BCUT2D eigenvalue weighted by Crippen LogP contribution is -2.70. The van der Waals surface area contributed by atoms with Crippen LogP contribution in [0.15, 0.2) is 18.2 Å². The highest BCUT2D eigenvalue weighted by atomic mass is 16.5. The van der Waals surface area contributed by atoms with Gasteiger partial charge in [0.25, 0.3) is 0 Å². The number of methoxy groups -OCH3 is 1. The molecule has 2 N–H and O–H groups in total. The standard InChI is InChI=1S/C20H24N2O7/c1-4-28-18(25)15-12-9-29-14-7-10(27-3)5-6-11(14)16(12)22-17(24)13(8-23)21-19(26)20(15,22)2/h5-7,12-13,15-16,23H,4,8-9H2,1-3H3,(H,21,26)/t12-,13-,15-,16+,20-/m1/s1. The third kappa shape index (κ3) is 2.60. The number of aliphatic hydroxyl groups excluding tert-OH is 1. The number of carbonyl (C=O) groups is 3. The van der Waals surface area contributed by atoms with Crippen molar-refractivity contribution in [1.29, 1.82) is 0 Å². The molecule has 156 valence electrons. The van der Waals surface area contributed by atoms with Crippen LogP contribution in [0, 0.1) is 11.8 Å². The summed E-state index contributed by atoms with van der Waals surface area (Å²) >= 11 is 0. The van der Waals surface area contributed by atoms with Crippen molar-refractivity contribution >= 4 is 17.8 Å². The molecule has 2 saturated heterocycles. The average Bonchev–Trinajstić information content (AvgIpc) is 3.00. The van der Waals surface area contributed by atoms with Gasteiger partial charge in [-0.25, -0.2) is 0 Å². The van der Waals surface area contributed by atoms with Crippen molar-refractivity contribution < 1.29 is 33.7 Å². The number of amides is 2. The summed E-state index contributed by atoms with van der Waals surface area (Å²) in [5, 5.41) is 12.2. The molecule has 1 aromatic rings. The lowest BCUT2D eigenvalue weighted by Gasteiger charge is -2.45. The maximum atomic E-state index is 13.2. The van der Waals surface area contributed by atoms with Crippen LogP contribution in [0.2, 0.25) is 0 Å². The highest BCUT2D eigenvalue weighted by molar-refractivity contribution is 6.03. The maximum absolute atomic E-state index is 13.2. The normalized spacial score (nSPS) is 32.5. The average molecular weight is 404 g/mol. The van der Waals surface area contributed by atoms with Crippen LogP contribution in [-0.2, 0) is 19.1 Å². The van der Waals surface area contributed by atoms with Gasteiger partial charge in [0.2, 0.25) is 11.8 Å². The fourth-order valence-electron chi connectivity index (χ4n) is 4.89. The fraction of sp³-hybridized carbons (Fsp3) is 0.550. The first kappa shape index (κ1) is 19.5. The molecule has 5 atom stereocenters. The Bertz CT molecular complexity index is 872. The van der Waals surface area contributed by atoms with Crippen molar-refractivity contribution in [2.45, 2.75) is 31.5 Å². The molecule has 9 nitrogen and oxygen atoms in total. The number of benzene rings is 1. The number of nitrogens with zero attached hydrogens (tertiary/aromatic N) is 1. The molecule has 0 spiro atoms. The molecule has 29 heavy (non-hydrogen) atoms. The Balaban J connectivity index is 1.88. The summed E-state index contributed by atoms with van der Waals surface area (Å²) in [6.07, 6.45) is 0. The number of hydrogen-bond acceptors (Lipinski definition) is 7. The van der Waals surface area contributed by atoms with Gasteiger partial charge in [0.15, 0.2) is 0 Å². The van der Waals surface area contributed by atoms with Crippen LogP contribution in [0.4, 0.5) is 0 Å². The van der Waals surface area contributed by atoms with Gasteiger partial charge in [-0.05, 0) is 26.0 Å². The van der Waals surface area contributed by atoms with E-state index in [0.717, 1.165) is 0 Å². The summed E-state index contributed by atoms with van der Waals surface area (Å²) in [4.78, 5) is 40.7. The molecule has 2 amide bonds. The molecule has 3 heterocycles. The minimum atomic E-state index is -1.45. The molecule has 3 aliphatic rings. The minimum Gasteiger partial charge on any atom is -0.497 e. The number of carbonyl (C=O) groups excluding carboxylic acids is 3. The van der Waals surface area contributed by atoms with E-state index in [2.05, 4.69) is 5.32 Å². The quantitative estimate of drug-likeness (QED) is 0.680. The van der Waals surface area contributed by atoms with Crippen LogP contribution in [0.5, 0.6) is 11.5 Å². The molecular formula is C20H24N2O7. The molecule has 0 saturated carbocycles. The molecule has 3 aliphatic heterocycles. The second-order valence-corrected chi connectivity index (χ2v) is 7.62. The number of piperazine rings is 1. The number of aliphatic hydroxyl groups is 1. The van der Waals surface area contributed by atoms with E-state index in [4.69, 9.17) is 14.2 Å². The van der Waals surface area contributed by atoms with E-state index in [1.165, 1.54) is 4.90 Å². The van der Waals surface area contributed by atoms with Gasteiger partial charge in [-0.1, -0.05) is 0 Å². The van der Waals surface area contributed by atoms with E-state index in [-0.39, 0.29) is 13.2 Å². The smallest absolute Gasteiger partial charge is 0.312 e. The Morgan fingerprint density at radius 2 is 2.17 bits per heavy atom. The maximum Gasteiger partial charge on any atom is 0.312 e. The predicted octanol–water partition coefficient (Wildman–Crippen LogP) is 0.0158. The molecule has 2 fully saturated rings. The monoisotopic (exact) mass is 404 g/mol. The van der Waals surface area contributed by atoms with Gasteiger partial charge in [0, 0.05) is 17.5 Å². The number of hydrogen-bond donors (Lipinski definition) is 2. The van der Waals surface area contributed by atoms with Crippen molar-refractivity contribution in [3.8, 4) is 11.5 Å². The Morgan fingerprint density at radius 3 is 2.83 bits per heavy atom. The molecule has 0 radical (unpaired) electrons. The third-order valence-corrected chi connectivity index (χ3v) is 6.21. The van der Waals surface area contributed by atoms with Crippen LogP contribution >= 0.6 is 0 Å². The van der Waals surface area contributed by atoms with Crippen molar-refractivity contribution in [1.82, 2.24) is 10.2 Å². The molecule has 0 aromatic heterocycles. The highest BCUT2D eigenvalue weighted by Crippen LogP contribution is 2.56. The molecular weight excluding hydrogens is 380 g/mol. The minimum absolute atomic E-state index is 0.144. The van der Waals surface area contributed by atoms with E-state index < -0.39 is 53.8 Å². The topological polar surface area (TPSA) is 114 Å². The van der Waals surface area contributed by atoms with Gasteiger partial charge in [0.05, 0.1) is 38.9 Å². The second kappa shape index (κ2) is 6.91. The zero-order valence-electron chi connectivity index (χ0n) is 16.5. The Labute approximate surface area is 167 Å². The molecule has 0 aliphatic carbocycles. The number of nitrogens with one attached hydrogen (secondary N) is 1. The lowest BCUT2D eigenvalue weighted by molar-refractivity contribution is -0.165. The summed E-state index contributed by atoms with van der Waals surface area (Å²) in [7, 11) is 1.54. The van der Waals surface area contributed by atoms with E-state index in [1.807, 2.05) is 0 Å². The summed E-state index contributed by atoms with van der Waals surface area (Å²) in [6, 6.07) is 3.64. The number of fused-ring (bicyclic) bond motifs is 5. The lowest BCUT2D eigenvalue weighted by atomic mass is 9.77. The number of ether oxygens (including phenoxy) is 3. The van der Waals surface area contributed by atoms with E-state index in [9.17, 15) is 19.5 Å². The Hall–Kier alpha value is -2.81. The largest absolute Gasteiger partial charge is 0.497 e. The summed E-state index contributed by atoms with van der Waals surface area (Å²) in [6.45, 7) is 3.05. The van der Waals surface area contributed by atoms with Gasteiger partial charge in [-0.15, -0.1) is 0 Å². The third-order valence-electron chi connectivity index (χ3n) is 6.21. The van der Waals surface area contributed by atoms with Crippen LogP contribution in [0.3, 0.4) is 0 Å². The van der Waals surface area contributed by atoms with E-state index in [0.29, 0.717) is 17.1 Å². The van der Waals surface area contributed by atoms with Crippen LogP contribution in [0.1, 0.15) is 25.5 Å². The molecule has 9 heteroatoms. The summed E-state index contributed by atoms with van der Waals surface area (Å²) < 4.78 is 16.4. The Kier molecular flexibility index (Phi) is 4.65. The van der Waals surface area contributed by atoms with Crippen molar-refractivity contribution in [3.63, 3.8) is 0 Å². The summed E-state index contributed by atoms with van der Waals surface area (Å²) in [5.41, 5.74) is -0.755. The van der Waals surface area contributed by atoms with Gasteiger partial charge in [-0.2, -0.15) is 0 Å². The van der Waals surface area contributed by atoms with E-state index >= 15 is 0 Å². The molecule has 0 bridgehead atoms. The van der Waals surface area contributed by atoms with Crippen LogP contribution in [0.25, 0.3) is 0 Å². The van der Waals surface area contributed by atoms with Crippen molar-refractivity contribution in [2.24, 2.45) is 11.8 Å². The predicted molar refractivity (Wildman–Crippen MR) is 99.1 cm³/mol. The van der Waals surface area contributed by atoms with Crippen LogP contribution < -0.4 is 14.8 Å². The van der Waals surface area contributed by atoms with Crippen molar-refractivity contribution in [3.05, 3.63) is 23.8 Å². The molecule has 0 unspecified atom stereocenters. The van der Waals surface area contributed by atoms with Gasteiger partial charge < -0.3 is 29.5 Å². The second-order valence-electron chi connectivity index (χ2n) is 7.62. The zero-order chi connectivity index (χ0) is 20.9. The summed E-state index contributed by atoms with van der Waals surface area (Å²) in [5.74, 6) is -1.69. The number of rotatable bonds is 4. The first-order valence-electron chi connectivity index (χ1n) is 9.60. The van der Waals surface area contributed by atoms with E-state index in [1.54, 1.807) is 39.2 Å². The molecule has 1 aromatic carbocycles. The van der Waals surface area contributed by atoms with Crippen LogP contribution in [-0.4, -0.2) is 66.3 Å². The number of esters is 1. The van der Waals surface area contributed by atoms with Gasteiger partial charge in [-0.3, -0.25) is 14.4 Å². The first-order valence-corrected chi connectivity index (χ1v) is 9.60. The van der Waals surface area contributed by atoms with Gasteiger partial charge >= 0.3 is 5.97 Å². The fourth-order valence-corrected chi connectivity index (χ4v) is 4.89. The molecule has 4 rings (SSSR count). The first-order chi connectivity index (χ1) is 13.9. The zero-order valence-corrected chi connectivity index (χ0v) is 16.5. The Morgan fingerprint density at radius 1 is 1.41 bits per heavy atom.